The number of rotatable bonds is 6. The van der Waals surface area contributed by atoms with E-state index in [0.29, 0.717) is 20.5 Å². The smallest absolute Gasteiger partial charge is 0.203 e. The summed E-state index contributed by atoms with van der Waals surface area (Å²) in [5.41, 5.74) is 2.93. The van der Waals surface area contributed by atoms with E-state index in [1.807, 2.05) is 48.3 Å². The number of unbranched alkanes of at least 4 members (excludes halogenated alkanes) is 1. The van der Waals surface area contributed by atoms with Gasteiger partial charge in [0.15, 0.2) is 0 Å². The molecule has 2 aromatic carbocycles. The third kappa shape index (κ3) is 5.19. The van der Waals surface area contributed by atoms with Gasteiger partial charge in [0.05, 0.1) is 4.90 Å². The molecule has 3 aromatic rings. The molecule has 0 fully saturated rings. The number of nitrogens with zero attached hydrogens (tertiary/aromatic N) is 1. The van der Waals surface area contributed by atoms with Gasteiger partial charge in [0.2, 0.25) is 5.43 Å². The molecule has 0 aliphatic rings. The highest BCUT2D eigenvalue weighted by atomic mass is 35.5. The van der Waals surface area contributed by atoms with Crippen LogP contribution in [0.2, 0.25) is 10.0 Å². The summed E-state index contributed by atoms with van der Waals surface area (Å²) in [6.45, 7) is 2.18. The zero-order valence-corrected chi connectivity index (χ0v) is 17.7. The van der Waals surface area contributed by atoms with Crippen molar-refractivity contribution in [2.24, 2.45) is 7.05 Å². The van der Waals surface area contributed by atoms with Gasteiger partial charge in [-0.3, -0.25) is 4.79 Å². The first kappa shape index (κ1) is 20.1. The van der Waals surface area contributed by atoms with E-state index >= 15 is 0 Å². The molecule has 0 atom stereocenters. The van der Waals surface area contributed by atoms with E-state index in [0.717, 1.165) is 29.7 Å². The Morgan fingerprint density at radius 1 is 1.04 bits per heavy atom. The molecule has 0 saturated heterocycles. The van der Waals surface area contributed by atoms with Crippen LogP contribution < -0.4 is 5.43 Å². The van der Waals surface area contributed by atoms with Crippen molar-refractivity contribution in [1.82, 2.24) is 4.57 Å². The first-order chi connectivity index (χ1) is 13.0. The second-order valence-electron chi connectivity index (χ2n) is 6.54. The fourth-order valence-corrected chi connectivity index (χ4v) is 4.65. The van der Waals surface area contributed by atoms with Gasteiger partial charge in [-0.05, 0) is 42.2 Å². The Labute approximate surface area is 174 Å². The van der Waals surface area contributed by atoms with Gasteiger partial charge >= 0.3 is 0 Å². The van der Waals surface area contributed by atoms with E-state index in [9.17, 15) is 4.79 Å². The highest BCUT2D eigenvalue weighted by molar-refractivity contribution is 7.99. The third-order valence-electron chi connectivity index (χ3n) is 4.24. The highest BCUT2D eigenvalue weighted by Gasteiger charge is 2.12. The average Bonchev–Trinajstić information content (AvgIpc) is 2.62. The number of benzene rings is 2. The predicted molar refractivity (Wildman–Crippen MR) is 116 cm³/mol. The van der Waals surface area contributed by atoms with Crippen LogP contribution in [-0.2, 0) is 13.5 Å². The Hall–Kier alpha value is -1.68. The monoisotopic (exact) mass is 417 g/mol. The van der Waals surface area contributed by atoms with Crippen LogP contribution >= 0.6 is 35.0 Å². The molecular weight excluding hydrogens is 397 g/mol. The number of aryl methyl sites for hydroxylation is 2. The van der Waals surface area contributed by atoms with Gasteiger partial charge in [0, 0.05) is 39.9 Å². The molecule has 2 nitrogen and oxygen atoms in total. The fraction of sp³-hybridized carbons (Fsp3) is 0.227. The van der Waals surface area contributed by atoms with Crippen LogP contribution in [-0.4, -0.2) is 4.57 Å². The predicted octanol–water partition coefficient (Wildman–Crippen LogP) is 6.85. The molecule has 1 heterocycles. The fourth-order valence-electron chi connectivity index (χ4n) is 2.94. The highest BCUT2D eigenvalue weighted by Crippen LogP contribution is 2.31. The summed E-state index contributed by atoms with van der Waals surface area (Å²) in [5, 5.41) is 1.11. The lowest BCUT2D eigenvalue weighted by molar-refractivity contribution is 0.795. The Kier molecular flexibility index (Phi) is 6.69. The molecule has 140 valence electrons. The zero-order valence-electron chi connectivity index (χ0n) is 15.3. The van der Waals surface area contributed by atoms with Crippen molar-refractivity contribution >= 4 is 35.0 Å². The summed E-state index contributed by atoms with van der Waals surface area (Å²) in [7, 11) is 1.93. The normalized spacial score (nSPS) is 11.0. The minimum atomic E-state index is 0.0156. The summed E-state index contributed by atoms with van der Waals surface area (Å²) >= 11 is 13.6. The van der Waals surface area contributed by atoms with Crippen LogP contribution in [0, 0.1) is 0 Å². The molecule has 1 aromatic heterocycles. The molecule has 0 aliphatic carbocycles. The summed E-state index contributed by atoms with van der Waals surface area (Å²) < 4.78 is 1.92. The van der Waals surface area contributed by atoms with E-state index in [4.69, 9.17) is 23.2 Å². The number of halogens is 2. The summed E-state index contributed by atoms with van der Waals surface area (Å²) in [6, 6.07) is 13.6. The Bertz CT molecular complexity index is 993. The molecule has 0 aliphatic heterocycles. The van der Waals surface area contributed by atoms with Crippen LogP contribution in [0.1, 0.15) is 25.3 Å². The maximum Gasteiger partial charge on any atom is 0.203 e. The largest absolute Gasteiger partial charge is 0.355 e. The quantitative estimate of drug-likeness (QED) is 0.437. The van der Waals surface area contributed by atoms with Crippen molar-refractivity contribution in [1.29, 1.82) is 0 Å². The maximum absolute atomic E-state index is 13.1. The molecule has 0 saturated carbocycles. The van der Waals surface area contributed by atoms with E-state index in [1.165, 1.54) is 17.3 Å². The third-order valence-corrected chi connectivity index (χ3v) is 5.66. The van der Waals surface area contributed by atoms with E-state index in [2.05, 4.69) is 19.1 Å². The SMILES string of the molecule is CCCCc1cccc(-c2cn(C)cc(Sc3cc(Cl)cc(Cl)c3)c2=O)c1. The second kappa shape index (κ2) is 9.01. The van der Waals surface area contributed by atoms with Gasteiger partial charge in [0.25, 0.3) is 0 Å². The molecule has 5 heteroatoms. The number of hydrogen-bond donors (Lipinski definition) is 0. The molecular formula is C22H21Cl2NOS. The van der Waals surface area contributed by atoms with Gasteiger partial charge < -0.3 is 4.57 Å². The Morgan fingerprint density at radius 2 is 1.78 bits per heavy atom. The zero-order chi connectivity index (χ0) is 19.4. The first-order valence-electron chi connectivity index (χ1n) is 8.90. The summed E-state index contributed by atoms with van der Waals surface area (Å²) in [5.74, 6) is 0. The number of aromatic nitrogens is 1. The van der Waals surface area contributed by atoms with Crippen LogP contribution in [0.3, 0.4) is 0 Å². The Balaban J connectivity index is 2.00. The lowest BCUT2D eigenvalue weighted by atomic mass is 10.0. The van der Waals surface area contributed by atoms with Crippen molar-refractivity contribution < 1.29 is 0 Å². The van der Waals surface area contributed by atoms with Crippen molar-refractivity contribution in [2.75, 3.05) is 0 Å². The van der Waals surface area contributed by atoms with E-state index in [-0.39, 0.29) is 5.43 Å². The van der Waals surface area contributed by atoms with Crippen molar-refractivity contribution in [3.05, 3.63) is 80.7 Å². The minimum Gasteiger partial charge on any atom is -0.355 e. The number of hydrogen-bond acceptors (Lipinski definition) is 2. The lowest BCUT2D eigenvalue weighted by Crippen LogP contribution is -2.11. The van der Waals surface area contributed by atoms with Gasteiger partial charge in [-0.15, -0.1) is 0 Å². The Morgan fingerprint density at radius 3 is 2.48 bits per heavy atom. The molecule has 0 N–H and O–H groups in total. The standard InChI is InChI=1S/C22H21Cl2NOS/c1-3-4-6-15-7-5-8-16(9-15)20-13-25(2)14-21(22(20)26)27-19-11-17(23)10-18(24)12-19/h5,7-14H,3-4,6H2,1-2H3. The lowest BCUT2D eigenvalue weighted by Gasteiger charge is -2.10. The minimum absolute atomic E-state index is 0.0156. The molecule has 27 heavy (non-hydrogen) atoms. The van der Waals surface area contributed by atoms with Gasteiger partial charge in [-0.1, -0.05) is 72.6 Å². The molecule has 0 spiro atoms. The maximum atomic E-state index is 13.1. The van der Waals surface area contributed by atoms with E-state index in [1.54, 1.807) is 6.07 Å². The summed E-state index contributed by atoms with van der Waals surface area (Å²) in [4.78, 5) is 14.6. The number of pyridine rings is 1. The summed E-state index contributed by atoms with van der Waals surface area (Å²) in [6.07, 6.45) is 7.05. The van der Waals surface area contributed by atoms with Crippen molar-refractivity contribution in [2.45, 2.75) is 36.0 Å². The van der Waals surface area contributed by atoms with Crippen LogP contribution in [0.5, 0.6) is 0 Å². The molecule has 0 unspecified atom stereocenters. The van der Waals surface area contributed by atoms with Gasteiger partial charge in [-0.25, -0.2) is 0 Å². The molecule has 3 rings (SSSR count). The molecule has 0 bridgehead atoms. The first-order valence-corrected chi connectivity index (χ1v) is 10.5. The van der Waals surface area contributed by atoms with Crippen molar-refractivity contribution in [3.63, 3.8) is 0 Å². The van der Waals surface area contributed by atoms with Crippen LogP contribution in [0.15, 0.2) is 69.4 Å². The average molecular weight is 418 g/mol. The molecule has 0 radical (unpaired) electrons. The molecule has 0 amide bonds. The van der Waals surface area contributed by atoms with Crippen LogP contribution in [0.4, 0.5) is 0 Å². The van der Waals surface area contributed by atoms with Gasteiger partial charge in [0.1, 0.15) is 0 Å². The van der Waals surface area contributed by atoms with Crippen LogP contribution in [0.25, 0.3) is 11.1 Å². The topological polar surface area (TPSA) is 22.0 Å². The second-order valence-corrected chi connectivity index (χ2v) is 8.53. The van der Waals surface area contributed by atoms with Crippen molar-refractivity contribution in [3.8, 4) is 11.1 Å². The van der Waals surface area contributed by atoms with Gasteiger partial charge in [-0.2, -0.15) is 0 Å². The van der Waals surface area contributed by atoms with E-state index < -0.39 is 0 Å².